The van der Waals surface area contributed by atoms with Gasteiger partial charge in [-0.1, -0.05) is 106 Å². The zero-order chi connectivity index (χ0) is 74.5. The fraction of sp³-hybridized carbons (Fsp3) is 0.529. The van der Waals surface area contributed by atoms with Crippen LogP contribution in [-0.4, -0.2) is 221 Å². The number of fused-ring (bicyclic) bond motifs is 1. The van der Waals surface area contributed by atoms with Crippen LogP contribution in [0.5, 0.6) is 5.75 Å². The van der Waals surface area contributed by atoms with Crippen LogP contribution in [0.4, 0.5) is 0 Å². The number of aliphatic hydroxyl groups is 4. The Kier molecular flexibility index (Phi) is 29.2. The van der Waals surface area contributed by atoms with E-state index in [-0.39, 0.29) is 88.4 Å². The van der Waals surface area contributed by atoms with Gasteiger partial charge in [-0.25, -0.2) is 4.68 Å². The summed E-state index contributed by atoms with van der Waals surface area (Å²) in [4.78, 5) is 175. The number of aromatic nitrogens is 3. The van der Waals surface area contributed by atoms with Crippen LogP contribution >= 0.6 is 0 Å². The van der Waals surface area contributed by atoms with Crippen molar-refractivity contribution in [2.24, 2.45) is 29.0 Å². The minimum absolute atomic E-state index is 0.00768. The Balaban J connectivity index is 1.33. The first-order chi connectivity index (χ1) is 48.5. The molecular formula is C68H94N16O18. The Morgan fingerprint density at radius 1 is 0.549 bits per heavy atom. The van der Waals surface area contributed by atoms with Crippen molar-refractivity contribution in [3.8, 4) is 5.75 Å². The van der Waals surface area contributed by atoms with Gasteiger partial charge in [0.1, 0.15) is 90.6 Å². The van der Waals surface area contributed by atoms with Crippen molar-refractivity contribution in [3.05, 3.63) is 114 Å². The molecule has 1 unspecified atom stereocenters. The van der Waals surface area contributed by atoms with Crippen molar-refractivity contribution in [2.45, 2.75) is 202 Å². The third-order valence-corrected chi connectivity index (χ3v) is 17.6. The molecule has 1 aromatic heterocycles. The standard InChI is InChI=1S/C68H94N16O18/c1-35(2)27-44-60(93)79-49(30-38-15-9-6-10-16-38)67(100)84-26-12-18-50(84)65(98)78-47(31-40-33-83(82-81-40)34-51-55(88)56(89)57(90)68(101)102-51)62(95)76-45(28-37-13-7-5-8-14-37)61(94)77-48(32-53(71)87)63(96)72-43(23-24-52(70)86)59(92)75-46(29-39-19-21-41(85)22-20-39)64(97)80-54(36(3)4)66(99)73-42(17-11-25-69)58(91)74-44/h5-10,13-16,19-22,33,35-36,42-51,54-57,68,85,88-90,101H,11-12,17-18,23-32,34,69H2,1-4H3,(H2,70,86)(H2,71,87)(H,72,96)(H,73,99)(H,74,91)(H,75,92)(H,76,95)(H,77,94)(H,78,98)(H,79,93)(H,80,97)/t42-,43-,44-,45+,46-,47-,48-,49+,50-,51+,54-,55+,56-,57+,68?/m0/s1. The molecule has 34 heteroatoms. The van der Waals surface area contributed by atoms with E-state index in [1.54, 1.807) is 88.4 Å². The number of nitrogens with one attached hydrogen (secondary N) is 9. The number of carbonyl (C=O) groups is 12. The van der Waals surface area contributed by atoms with Crippen molar-refractivity contribution in [3.63, 3.8) is 0 Å². The Morgan fingerprint density at radius 2 is 1.03 bits per heavy atom. The highest BCUT2D eigenvalue weighted by Crippen LogP contribution is 2.24. The molecule has 3 saturated heterocycles. The zero-order valence-electron chi connectivity index (χ0n) is 57.1. The average molecular weight is 1420 g/mol. The number of ether oxygens (including phenoxy) is 1. The first-order valence-electron chi connectivity index (χ1n) is 33.9. The molecule has 12 amide bonds. The van der Waals surface area contributed by atoms with Crippen molar-refractivity contribution in [1.82, 2.24) is 67.7 Å². The highest BCUT2D eigenvalue weighted by atomic mass is 16.6. The number of carbonyl (C=O) groups excluding carboxylic acids is 12. The van der Waals surface area contributed by atoms with Gasteiger partial charge in [0.15, 0.2) is 6.29 Å². The fourth-order valence-corrected chi connectivity index (χ4v) is 12.1. The second-order valence-corrected chi connectivity index (χ2v) is 26.6. The van der Waals surface area contributed by atoms with Gasteiger partial charge < -0.3 is 100 Å². The molecule has 20 N–H and O–H groups in total. The molecular weight excluding hydrogens is 1330 g/mol. The maximum Gasteiger partial charge on any atom is 0.246 e. The average Bonchev–Trinajstić information content (AvgIpc) is 1.25. The zero-order valence-corrected chi connectivity index (χ0v) is 57.1. The van der Waals surface area contributed by atoms with E-state index in [0.717, 1.165) is 4.68 Å². The quantitative estimate of drug-likeness (QED) is 0.0371. The summed E-state index contributed by atoms with van der Waals surface area (Å²) < 4.78 is 6.45. The normalized spacial score (nSPS) is 27.4. The van der Waals surface area contributed by atoms with Gasteiger partial charge in [-0.15, -0.1) is 5.10 Å². The van der Waals surface area contributed by atoms with Crippen LogP contribution in [0, 0.1) is 11.8 Å². The number of rotatable bonds is 21. The Labute approximate surface area is 588 Å². The van der Waals surface area contributed by atoms with E-state index in [1.807, 2.05) is 0 Å². The number of phenolic OH excluding ortho intramolecular Hbond substituents is 1. The Morgan fingerprint density at radius 3 is 1.60 bits per heavy atom. The number of nitrogens with zero attached hydrogens (tertiary/aromatic N) is 4. The maximum absolute atomic E-state index is 15.3. The summed E-state index contributed by atoms with van der Waals surface area (Å²) >= 11 is 0. The second kappa shape index (κ2) is 37.6. The van der Waals surface area contributed by atoms with E-state index >= 15 is 14.4 Å². The molecule has 0 aliphatic carbocycles. The van der Waals surface area contributed by atoms with E-state index < -0.39 is 194 Å². The predicted molar refractivity (Wildman–Crippen MR) is 362 cm³/mol. The summed E-state index contributed by atoms with van der Waals surface area (Å²) in [6, 6.07) is 6.54. The van der Waals surface area contributed by atoms with E-state index in [2.05, 4.69) is 58.2 Å². The highest BCUT2D eigenvalue weighted by molar-refractivity contribution is 6.01. The SMILES string of the molecule is CC(C)C[C@@H]1NC(=O)[C@H](CCCN)NC(=O)[C@H](C(C)C)NC(=O)[C@H](Cc2ccc(O)cc2)NC(=O)[C@H](CCC(N)=O)NC(=O)[C@H](CC(N)=O)NC(=O)[C@@H](Cc2ccccc2)NC(=O)[C@H](Cc2cn(C[C@H]3OC(O)[C@H](O)[C@@H](O)[C@@H]3O)nn2)NC(=O)[C@@H]2CCCN2C(=O)[C@@H](Cc2ccccc2)NC1=O. The summed E-state index contributed by atoms with van der Waals surface area (Å²) in [6.45, 7) is 6.41. The topological polar surface area (TPSA) is 536 Å². The second-order valence-electron chi connectivity index (χ2n) is 26.6. The highest BCUT2D eigenvalue weighted by Gasteiger charge is 2.45. The van der Waals surface area contributed by atoms with Crippen LogP contribution in [-0.2, 0) is 94.5 Å². The first kappa shape index (κ1) is 79.3. The van der Waals surface area contributed by atoms with Gasteiger partial charge >= 0.3 is 0 Å². The summed E-state index contributed by atoms with van der Waals surface area (Å²) in [5, 5.41) is 83.7. The molecule has 0 saturated carbocycles. The van der Waals surface area contributed by atoms with Gasteiger partial charge in [0.25, 0.3) is 0 Å². The molecule has 0 radical (unpaired) electrons. The molecule has 0 bridgehead atoms. The van der Waals surface area contributed by atoms with Crippen LogP contribution in [0.2, 0.25) is 0 Å². The van der Waals surface area contributed by atoms with Crippen LogP contribution in [0.15, 0.2) is 91.1 Å². The van der Waals surface area contributed by atoms with Crippen LogP contribution < -0.4 is 65.1 Å². The minimum Gasteiger partial charge on any atom is -0.508 e. The molecule has 7 rings (SSSR count). The molecule has 0 spiro atoms. The van der Waals surface area contributed by atoms with Gasteiger partial charge in [0, 0.05) is 44.8 Å². The smallest absolute Gasteiger partial charge is 0.246 e. The summed E-state index contributed by atoms with van der Waals surface area (Å²) in [6.07, 6.45) is -10.4. The van der Waals surface area contributed by atoms with Crippen molar-refractivity contribution in [1.29, 1.82) is 0 Å². The monoisotopic (exact) mass is 1420 g/mol. The molecule has 102 heavy (non-hydrogen) atoms. The number of hydrogen-bond donors (Lipinski definition) is 17. The predicted octanol–water partition coefficient (Wildman–Crippen LogP) is -5.00. The molecule has 554 valence electrons. The number of aromatic hydroxyl groups is 1. The molecule has 3 fully saturated rings. The Bertz CT molecular complexity index is 3570. The number of hydrogen-bond acceptors (Lipinski definition) is 21. The number of primary amides is 2. The molecule has 3 aliphatic rings. The maximum atomic E-state index is 15.3. The molecule has 4 aromatic rings. The van der Waals surface area contributed by atoms with E-state index in [9.17, 15) is 68.7 Å². The first-order valence-corrected chi connectivity index (χ1v) is 33.9. The molecule has 4 heterocycles. The molecule has 3 aromatic carbocycles. The van der Waals surface area contributed by atoms with E-state index in [1.165, 1.54) is 35.4 Å². The summed E-state index contributed by atoms with van der Waals surface area (Å²) in [7, 11) is 0. The van der Waals surface area contributed by atoms with E-state index in [4.69, 9.17) is 21.9 Å². The number of nitrogens with two attached hydrogens (primary N) is 3. The number of benzene rings is 3. The number of amides is 12. The van der Waals surface area contributed by atoms with Crippen molar-refractivity contribution < 1.29 is 87.8 Å². The van der Waals surface area contributed by atoms with Gasteiger partial charge in [0.2, 0.25) is 70.9 Å². The lowest BCUT2D eigenvalue weighted by molar-refractivity contribution is -0.284. The molecule has 15 atom stereocenters. The van der Waals surface area contributed by atoms with Gasteiger partial charge in [-0.2, -0.15) is 0 Å². The molecule has 3 aliphatic heterocycles. The van der Waals surface area contributed by atoms with Crippen molar-refractivity contribution in [2.75, 3.05) is 13.1 Å². The fourth-order valence-electron chi connectivity index (χ4n) is 12.1. The molecule has 34 nitrogen and oxygen atoms in total. The third-order valence-electron chi connectivity index (χ3n) is 17.6. The third kappa shape index (κ3) is 23.0. The van der Waals surface area contributed by atoms with E-state index in [0.29, 0.717) is 16.7 Å². The van der Waals surface area contributed by atoms with Gasteiger partial charge in [-0.3, -0.25) is 57.5 Å². The lowest BCUT2D eigenvalue weighted by atomic mass is 9.99. The number of aliphatic hydroxyl groups excluding tert-OH is 4. The number of phenols is 1. The largest absolute Gasteiger partial charge is 0.508 e. The van der Waals surface area contributed by atoms with Gasteiger partial charge in [-0.05, 0) is 85.7 Å². The van der Waals surface area contributed by atoms with Crippen molar-refractivity contribution >= 4 is 70.9 Å². The van der Waals surface area contributed by atoms with Crippen LogP contribution in [0.25, 0.3) is 0 Å². The van der Waals surface area contributed by atoms with Gasteiger partial charge in [0.05, 0.1) is 18.7 Å². The summed E-state index contributed by atoms with van der Waals surface area (Å²) in [5.41, 5.74) is 18.5. The lowest BCUT2D eigenvalue weighted by Gasteiger charge is -2.38. The Hall–Kier alpha value is -10.0. The lowest BCUT2D eigenvalue weighted by Crippen LogP contribution is -2.62. The van der Waals surface area contributed by atoms with Crippen LogP contribution in [0.1, 0.15) is 101 Å². The van der Waals surface area contributed by atoms with Crippen LogP contribution in [0.3, 0.4) is 0 Å². The summed E-state index contributed by atoms with van der Waals surface area (Å²) in [5.74, 6) is -12.9. The minimum atomic E-state index is -1.95.